The van der Waals surface area contributed by atoms with Gasteiger partial charge < -0.3 is 10.6 Å². The summed E-state index contributed by atoms with van der Waals surface area (Å²) in [7, 11) is 0. The van der Waals surface area contributed by atoms with Crippen LogP contribution in [-0.2, 0) is 0 Å². The number of aryl methyl sites for hydroxylation is 1. The summed E-state index contributed by atoms with van der Waals surface area (Å²) in [5, 5.41) is 6.75. The fourth-order valence-corrected chi connectivity index (χ4v) is 2.59. The van der Waals surface area contributed by atoms with E-state index >= 15 is 0 Å². The van der Waals surface area contributed by atoms with Crippen molar-refractivity contribution in [3.05, 3.63) is 47.8 Å². The Bertz CT molecular complexity index is 576. The van der Waals surface area contributed by atoms with Crippen LogP contribution < -0.4 is 10.6 Å². The molecule has 3 heterocycles. The van der Waals surface area contributed by atoms with Crippen LogP contribution in [0.25, 0.3) is 0 Å². The van der Waals surface area contributed by atoms with Crippen LogP contribution in [0, 0.1) is 6.92 Å². The van der Waals surface area contributed by atoms with Gasteiger partial charge in [0.2, 0.25) is 0 Å². The molecular weight excluding hydrogens is 248 g/mol. The average Bonchev–Trinajstić information content (AvgIpc) is 2.51. The highest BCUT2D eigenvalue weighted by molar-refractivity contribution is 5.55. The zero-order valence-corrected chi connectivity index (χ0v) is 11.8. The predicted molar refractivity (Wildman–Crippen MR) is 81.3 cm³/mol. The van der Waals surface area contributed by atoms with E-state index in [4.69, 9.17) is 4.98 Å². The zero-order valence-electron chi connectivity index (χ0n) is 11.8. The van der Waals surface area contributed by atoms with Gasteiger partial charge in [-0.15, -0.1) is 0 Å². The lowest BCUT2D eigenvalue weighted by Crippen LogP contribution is -2.28. The molecule has 1 aliphatic heterocycles. The van der Waals surface area contributed by atoms with Gasteiger partial charge in [0.1, 0.15) is 11.6 Å². The van der Waals surface area contributed by atoms with Crippen LogP contribution in [0.15, 0.2) is 36.5 Å². The third kappa shape index (κ3) is 2.96. The monoisotopic (exact) mass is 268 g/mol. The number of aromatic nitrogens is 2. The van der Waals surface area contributed by atoms with Gasteiger partial charge in [-0.25, -0.2) is 9.97 Å². The fraction of sp³-hybridized carbons (Fsp3) is 0.375. The van der Waals surface area contributed by atoms with Crippen molar-refractivity contribution in [3.63, 3.8) is 0 Å². The van der Waals surface area contributed by atoms with Gasteiger partial charge in [-0.3, -0.25) is 0 Å². The van der Waals surface area contributed by atoms with Crippen molar-refractivity contribution < 1.29 is 0 Å². The number of rotatable bonds is 3. The Hall–Kier alpha value is -1.94. The maximum atomic E-state index is 4.74. The van der Waals surface area contributed by atoms with Crippen molar-refractivity contribution in [3.8, 4) is 0 Å². The summed E-state index contributed by atoms with van der Waals surface area (Å²) in [4.78, 5) is 9.09. The van der Waals surface area contributed by atoms with E-state index in [2.05, 4.69) is 27.8 Å². The minimum Gasteiger partial charge on any atom is -0.325 e. The largest absolute Gasteiger partial charge is 0.325 e. The summed E-state index contributed by atoms with van der Waals surface area (Å²) in [5.74, 6) is 2.27. The molecule has 2 N–H and O–H groups in total. The van der Waals surface area contributed by atoms with E-state index in [1.165, 1.54) is 12.8 Å². The molecule has 1 atom stereocenters. The third-order valence-electron chi connectivity index (χ3n) is 3.74. The Balaban J connectivity index is 1.79. The summed E-state index contributed by atoms with van der Waals surface area (Å²) in [6.45, 7) is 4.20. The van der Waals surface area contributed by atoms with Crippen molar-refractivity contribution in [2.24, 2.45) is 0 Å². The van der Waals surface area contributed by atoms with Gasteiger partial charge in [0.15, 0.2) is 0 Å². The minimum absolute atomic E-state index is 0.523. The van der Waals surface area contributed by atoms with Crippen molar-refractivity contribution in [2.75, 3.05) is 18.4 Å². The number of nitrogens with zero attached hydrogens (tertiary/aromatic N) is 2. The molecule has 1 saturated heterocycles. The van der Waals surface area contributed by atoms with Gasteiger partial charge in [0.25, 0.3) is 0 Å². The lowest BCUT2D eigenvalue weighted by molar-refractivity contribution is 0.455. The van der Waals surface area contributed by atoms with Crippen LogP contribution in [0.2, 0.25) is 0 Å². The number of piperidine rings is 1. The Morgan fingerprint density at radius 2 is 2.20 bits per heavy atom. The smallest absolute Gasteiger partial charge is 0.134 e. The standard InChI is InChI=1S/C16H20N4/c1-12-5-3-10-18-16(12)20-15-8-2-7-14(19-15)13-6-4-9-17-11-13/h2-3,5,7-8,10,13,17H,4,6,9,11H2,1H3,(H,18,19,20)/t13-/m1/s1. The van der Waals surface area contributed by atoms with Crippen molar-refractivity contribution in [1.29, 1.82) is 0 Å². The van der Waals surface area contributed by atoms with Crippen LogP contribution in [0.5, 0.6) is 0 Å². The van der Waals surface area contributed by atoms with Gasteiger partial charge in [-0.2, -0.15) is 0 Å². The zero-order chi connectivity index (χ0) is 13.8. The Morgan fingerprint density at radius 3 is 3.00 bits per heavy atom. The molecule has 0 aliphatic carbocycles. The first-order valence-corrected chi connectivity index (χ1v) is 7.19. The lowest BCUT2D eigenvalue weighted by Gasteiger charge is -2.22. The molecule has 1 fully saturated rings. The van der Waals surface area contributed by atoms with Crippen molar-refractivity contribution >= 4 is 11.6 Å². The first-order chi connectivity index (χ1) is 9.83. The molecule has 2 aromatic rings. The van der Waals surface area contributed by atoms with E-state index in [0.717, 1.165) is 36.0 Å². The van der Waals surface area contributed by atoms with Gasteiger partial charge >= 0.3 is 0 Å². The Morgan fingerprint density at radius 1 is 1.25 bits per heavy atom. The molecule has 4 heteroatoms. The van der Waals surface area contributed by atoms with Crippen molar-refractivity contribution in [1.82, 2.24) is 15.3 Å². The van der Waals surface area contributed by atoms with E-state index in [-0.39, 0.29) is 0 Å². The van der Waals surface area contributed by atoms with Gasteiger partial charge in [-0.1, -0.05) is 12.1 Å². The summed E-state index contributed by atoms with van der Waals surface area (Å²) < 4.78 is 0. The van der Waals surface area contributed by atoms with Gasteiger partial charge in [-0.05, 0) is 50.1 Å². The summed E-state index contributed by atoms with van der Waals surface area (Å²) in [6, 6.07) is 10.2. The van der Waals surface area contributed by atoms with Crippen molar-refractivity contribution in [2.45, 2.75) is 25.7 Å². The van der Waals surface area contributed by atoms with Crippen LogP contribution in [0.4, 0.5) is 11.6 Å². The van der Waals surface area contributed by atoms with E-state index in [0.29, 0.717) is 5.92 Å². The first-order valence-electron chi connectivity index (χ1n) is 7.19. The summed E-state index contributed by atoms with van der Waals surface area (Å²) in [6.07, 6.45) is 4.24. The number of hydrogen-bond donors (Lipinski definition) is 2. The van der Waals surface area contributed by atoms with Crippen LogP contribution in [0.3, 0.4) is 0 Å². The van der Waals surface area contributed by atoms with Crippen LogP contribution in [0.1, 0.15) is 30.0 Å². The summed E-state index contributed by atoms with van der Waals surface area (Å²) >= 11 is 0. The quantitative estimate of drug-likeness (QED) is 0.898. The van der Waals surface area contributed by atoms with E-state index in [9.17, 15) is 0 Å². The molecule has 1 aliphatic rings. The molecule has 0 saturated carbocycles. The molecule has 0 aromatic carbocycles. The molecular formula is C16H20N4. The highest BCUT2D eigenvalue weighted by Gasteiger charge is 2.16. The molecule has 0 unspecified atom stereocenters. The second-order valence-corrected chi connectivity index (χ2v) is 5.28. The lowest BCUT2D eigenvalue weighted by atomic mass is 9.96. The van der Waals surface area contributed by atoms with Gasteiger partial charge in [0, 0.05) is 24.4 Å². The molecule has 4 nitrogen and oxygen atoms in total. The van der Waals surface area contributed by atoms with E-state index < -0.39 is 0 Å². The Kier molecular flexibility index (Phi) is 3.92. The molecule has 0 spiro atoms. The number of hydrogen-bond acceptors (Lipinski definition) is 4. The molecule has 3 rings (SSSR count). The third-order valence-corrected chi connectivity index (χ3v) is 3.74. The number of anilines is 2. The highest BCUT2D eigenvalue weighted by Crippen LogP contribution is 2.23. The molecule has 20 heavy (non-hydrogen) atoms. The Labute approximate surface area is 119 Å². The van der Waals surface area contributed by atoms with Crippen LogP contribution >= 0.6 is 0 Å². The minimum atomic E-state index is 0.523. The SMILES string of the molecule is Cc1cccnc1Nc1cccc([C@@H]2CCCNC2)n1. The average molecular weight is 268 g/mol. The van der Waals surface area contributed by atoms with Gasteiger partial charge in [0.05, 0.1) is 0 Å². The highest BCUT2D eigenvalue weighted by atomic mass is 15.1. The predicted octanol–water partition coefficient (Wildman–Crippen LogP) is 3.00. The molecule has 104 valence electrons. The molecule has 0 bridgehead atoms. The van der Waals surface area contributed by atoms with E-state index in [1.54, 1.807) is 6.20 Å². The second-order valence-electron chi connectivity index (χ2n) is 5.28. The normalized spacial score (nSPS) is 18.8. The fourth-order valence-electron chi connectivity index (χ4n) is 2.59. The molecule has 2 aromatic heterocycles. The maximum Gasteiger partial charge on any atom is 0.134 e. The second kappa shape index (κ2) is 6.01. The summed E-state index contributed by atoms with van der Waals surface area (Å²) in [5.41, 5.74) is 2.29. The topological polar surface area (TPSA) is 49.8 Å². The molecule has 0 amide bonds. The van der Waals surface area contributed by atoms with Crippen LogP contribution in [-0.4, -0.2) is 23.1 Å². The first kappa shape index (κ1) is 13.1. The number of pyridine rings is 2. The van der Waals surface area contributed by atoms with E-state index in [1.807, 2.05) is 25.1 Å². The number of nitrogens with one attached hydrogen (secondary N) is 2. The molecule has 0 radical (unpaired) electrons. The maximum absolute atomic E-state index is 4.74.